The minimum absolute atomic E-state index is 0. The van der Waals surface area contributed by atoms with Gasteiger partial charge in [-0.3, -0.25) is 4.48 Å². The van der Waals surface area contributed by atoms with Gasteiger partial charge < -0.3 is 38.0 Å². The smallest absolute Gasteiger partial charge is 0.338 e. The van der Waals surface area contributed by atoms with Crippen molar-refractivity contribution in [2.24, 2.45) is 0 Å². The maximum Gasteiger partial charge on any atom is 0.338 e. The van der Waals surface area contributed by atoms with Crippen LogP contribution in [0.2, 0.25) is 0 Å². The van der Waals surface area contributed by atoms with Crippen LogP contribution in [-0.4, -0.2) is 45.4 Å². The van der Waals surface area contributed by atoms with Crippen LogP contribution >= 0.6 is 0 Å². The number of carbonyl (C=O) groups is 1. The van der Waals surface area contributed by atoms with Gasteiger partial charge in [0.05, 0.1) is 40.4 Å². The molecule has 0 aliphatic carbocycles. The molecule has 0 saturated heterocycles. The van der Waals surface area contributed by atoms with E-state index in [1.165, 1.54) is 10.9 Å². The Labute approximate surface area is 202 Å². The second-order valence-electron chi connectivity index (χ2n) is 8.54. The Morgan fingerprint density at radius 2 is 1.65 bits per heavy atom. The van der Waals surface area contributed by atoms with Crippen molar-refractivity contribution in [1.82, 2.24) is 9.05 Å². The molecule has 5 nitrogen and oxygen atoms in total. The number of halogens is 1. The van der Waals surface area contributed by atoms with Gasteiger partial charge in [-0.1, -0.05) is 6.42 Å². The summed E-state index contributed by atoms with van der Waals surface area (Å²) in [7, 11) is 7.99. The van der Waals surface area contributed by atoms with Crippen molar-refractivity contribution in [3.05, 3.63) is 60.3 Å². The third kappa shape index (κ3) is 6.97. The molecule has 0 bridgehead atoms. The van der Waals surface area contributed by atoms with E-state index in [-0.39, 0.29) is 29.9 Å². The number of hydrogen-bond donors (Lipinski definition) is 0. The quantitative estimate of drug-likeness (QED) is 0.173. The number of rotatable bonds is 10. The largest absolute Gasteiger partial charge is 1.00 e. The molecular weight excluding hydrogens is 503 g/mol. The molecule has 0 N–H and O–H groups in total. The summed E-state index contributed by atoms with van der Waals surface area (Å²) in [4.78, 5) is 12.2. The summed E-state index contributed by atoms with van der Waals surface area (Å²) >= 11 is 0. The van der Waals surface area contributed by atoms with Gasteiger partial charge in [0, 0.05) is 23.6 Å². The highest BCUT2D eigenvalue weighted by Crippen LogP contribution is 2.22. The Hall–Kier alpha value is -2.06. The van der Waals surface area contributed by atoms with E-state index in [1.54, 1.807) is 7.11 Å². The molecule has 0 spiro atoms. The number of hydrogen-bond acceptors (Lipinski definition) is 3. The van der Waals surface area contributed by atoms with Gasteiger partial charge in [0.2, 0.25) is 0 Å². The number of fused-ring (bicyclic) bond motifs is 1. The van der Waals surface area contributed by atoms with Crippen molar-refractivity contribution >= 4 is 22.6 Å². The normalized spacial score (nSPS) is 11.2. The molecule has 6 heteroatoms. The SMILES string of the molecule is COc1ccc2c(ccn2CCCCCCOC(=O)c2ccc([N+](C)(C)C)cc2)c1.[I-]. The summed E-state index contributed by atoms with van der Waals surface area (Å²) < 4.78 is 13.7. The number of esters is 1. The van der Waals surface area contributed by atoms with Gasteiger partial charge in [0.1, 0.15) is 11.4 Å². The number of aromatic nitrogens is 1. The van der Waals surface area contributed by atoms with E-state index in [4.69, 9.17) is 9.47 Å². The summed E-state index contributed by atoms with van der Waals surface area (Å²) in [6.45, 7) is 1.47. The van der Waals surface area contributed by atoms with Crippen LogP contribution in [0.3, 0.4) is 0 Å². The number of carbonyl (C=O) groups excluding carboxylic acids is 1. The van der Waals surface area contributed by atoms with Gasteiger partial charge in [-0.25, -0.2) is 4.79 Å². The molecule has 0 saturated carbocycles. The van der Waals surface area contributed by atoms with Crippen molar-refractivity contribution in [2.45, 2.75) is 32.2 Å². The van der Waals surface area contributed by atoms with E-state index in [2.05, 4.69) is 50.1 Å². The topological polar surface area (TPSA) is 40.5 Å². The highest BCUT2D eigenvalue weighted by Gasteiger charge is 2.13. The molecule has 0 aliphatic rings. The fourth-order valence-electron chi connectivity index (χ4n) is 3.53. The van der Waals surface area contributed by atoms with Crippen LogP contribution in [0.1, 0.15) is 36.0 Å². The standard InChI is InChI=1S/C25H33N2O3.HI/c1-27(2,3)22-11-9-20(10-12-22)25(28)30-18-8-6-5-7-16-26-17-15-21-19-23(29-4)13-14-24(21)26;/h9-15,17,19H,5-8,16,18H2,1-4H3;1H/q+1;/p-1. The highest BCUT2D eigenvalue weighted by molar-refractivity contribution is 5.89. The van der Waals surface area contributed by atoms with E-state index in [1.807, 2.05) is 30.3 Å². The molecule has 31 heavy (non-hydrogen) atoms. The third-order valence-corrected chi connectivity index (χ3v) is 5.38. The number of aryl methyl sites for hydroxylation is 1. The molecule has 3 aromatic rings. The molecule has 3 rings (SSSR count). The third-order valence-electron chi connectivity index (χ3n) is 5.38. The van der Waals surface area contributed by atoms with Crippen molar-refractivity contribution < 1.29 is 38.2 Å². The first-order valence-corrected chi connectivity index (χ1v) is 10.6. The fraction of sp³-hybridized carbons (Fsp3) is 0.400. The minimum atomic E-state index is -0.239. The molecule has 0 atom stereocenters. The molecule has 168 valence electrons. The number of unbranched alkanes of at least 4 members (excludes halogenated alkanes) is 3. The van der Waals surface area contributed by atoms with Crippen LogP contribution in [0.4, 0.5) is 5.69 Å². The second-order valence-corrected chi connectivity index (χ2v) is 8.54. The van der Waals surface area contributed by atoms with Gasteiger partial charge in [-0.15, -0.1) is 0 Å². The predicted molar refractivity (Wildman–Crippen MR) is 123 cm³/mol. The predicted octanol–water partition coefficient (Wildman–Crippen LogP) is 2.27. The summed E-state index contributed by atoms with van der Waals surface area (Å²) in [6.07, 6.45) is 6.31. The van der Waals surface area contributed by atoms with Gasteiger partial charge in [-0.05, 0) is 67.8 Å². The van der Waals surface area contributed by atoms with Crippen LogP contribution in [-0.2, 0) is 11.3 Å². The lowest BCUT2D eigenvalue weighted by Gasteiger charge is -2.23. The molecule has 2 aromatic carbocycles. The lowest BCUT2D eigenvalue weighted by atomic mass is 10.2. The minimum Gasteiger partial charge on any atom is -1.00 e. The average molecular weight is 536 g/mol. The average Bonchev–Trinajstić information content (AvgIpc) is 3.14. The number of nitrogens with zero attached hydrogens (tertiary/aromatic N) is 2. The Morgan fingerprint density at radius 3 is 2.32 bits per heavy atom. The monoisotopic (exact) mass is 536 g/mol. The van der Waals surface area contributed by atoms with Gasteiger partial charge >= 0.3 is 5.97 Å². The molecule has 0 unspecified atom stereocenters. The molecule has 0 fully saturated rings. The van der Waals surface area contributed by atoms with Crippen molar-refractivity contribution in [1.29, 1.82) is 0 Å². The number of benzene rings is 2. The molecule has 1 aromatic heterocycles. The Bertz CT molecular complexity index is 975. The van der Waals surface area contributed by atoms with E-state index >= 15 is 0 Å². The zero-order valence-electron chi connectivity index (χ0n) is 18.9. The lowest BCUT2D eigenvalue weighted by Crippen LogP contribution is -3.00. The van der Waals surface area contributed by atoms with Gasteiger partial charge in [0.15, 0.2) is 0 Å². The fourth-order valence-corrected chi connectivity index (χ4v) is 3.53. The summed E-state index contributed by atoms with van der Waals surface area (Å²) in [5, 5.41) is 1.20. The van der Waals surface area contributed by atoms with E-state index in [0.29, 0.717) is 12.2 Å². The van der Waals surface area contributed by atoms with Gasteiger partial charge in [0.25, 0.3) is 0 Å². The Balaban J connectivity index is 0.00000341. The summed E-state index contributed by atoms with van der Waals surface area (Å²) in [5.41, 5.74) is 3.01. The van der Waals surface area contributed by atoms with Crippen LogP contribution in [0.15, 0.2) is 54.7 Å². The zero-order valence-corrected chi connectivity index (χ0v) is 21.1. The summed E-state index contributed by atoms with van der Waals surface area (Å²) in [5.74, 6) is 0.649. The van der Waals surface area contributed by atoms with Crippen molar-refractivity contribution in [3.8, 4) is 5.75 Å². The van der Waals surface area contributed by atoms with Crippen molar-refractivity contribution in [2.75, 3.05) is 34.9 Å². The first kappa shape index (κ1) is 25.2. The van der Waals surface area contributed by atoms with E-state index in [0.717, 1.165) is 48.1 Å². The molecule has 1 heterocycles. The maximum absolute atomic E-state index is 12.2. The molecule has 0 radical (unpaired) electrons. The van der Waals surface area contributed by atoms with Crippen LogP contribution in [0.5, 0.6) is 5.75 Å². The second kappa shape index (κ2) is 11.5. The van der Waals surface area contributed by atoms with Gasteiger partial charge in [-0.2, -0.15) is 0 Å². The molecule has 0 amide bonds. The number of methoxy groups -OCH3 is 1. The van der Waals surface area contributed by atoms with E-state index in [9.17, 15) is 4.79 Å². The number of ether oxygens (including phenoxy) is 2. The summed E-state index contributed by atoms with van der Waals surface area (Å²) in [6, 6.07) is 16.0. The van der Waals surface area contributed by atoms with Crippen molar-refractivity contribution in [3.63, 3.8) is 0 Å². The first-order chi connectivity index (χ1) is 14.4. The maximum atomic E-state index is 12.2. The van der Waals surface area contributed by atoms with Crippen LogP contribution in [0, 0.1) is 0 Å². The molecular formula is C25H33IN2O3. The van der Waals surface area contributed by atoms with E-state index < -0.39 is 0 Å². The molecule has 0 aliphatic heterocycles. The Kier molecular flexibility index (Phi) is 9.37. The number of quaternary nitrogens is 1. The zero-order chi connectivity index (χ0) is 21.6. The highest BCUT2D eigenvalue weighted by atomic mass is 127. The lowest BCUT2D eigenvalue weighted by molar-refractivity contribution is -0.0000249. The Morgan fingerprint density at radius 1 is 0.935 bits per heavy atom. The van der Waals surface area contributed by atoms with Crippen LogP contribution < -0.4 is 33.2 Å². The first-order valence-electron chi connectivity index (χ1n) is 10.6. The van der Waals surface area contributed by atoms with Crippen LogP contribution in [0.25, 0.3) is 10.9 Å².